The number of ether oxygens (including phenoxy) is 1. The minimum Gasteiger partial charge on any atom is -0.478 e. The Balaban J connectivity index is 2.90. The Hall–Kier alpha value is -1.96. The summed E-state index contributed by atoms with van der Waals surface area (Å²) >= 11 is 0. The highest BCUT2D eigenvalue weighted by Gasteiger charge is 2.02. The standard InChI is InChI=1S/C6H8N4O4/c1-14-4-10-6(13)9(7-8-10)3-2-5(11)12/h2-3H,4H2,1H3,(H,11,12). The molecular formula is C6H8N4O4. The minimum absolute atomic E-state index is 0.0280. The first-order valence-corrected chi connectivity index (χ1v) is 3.57. The highest BCUT2D eigenvalue weighted by Crippen LogP contribution is 1.79. The van der Waals surface area contributed by atoms with E-state index in [2.05, 4.69) is 15.2 Å². The average molecular weight is 200 g/mol. The zero-order chi connectivity index (χ0) is 10.6. The van der Waals surface area contributed by atoms with E-state index in [1.165, 1.54) is 7.11 Å². The number of tetrazole rings is 1. The lowest BCUT2D eigenvalue weighted by molar-refractivity contribution is -0.131. The zero-order valence-electron chi connectivity index (χ0n) is 7.32. The molecule has 0 fully saturated rings. The fourth-order valence-electron chi connectivity index (χ4n) is 0.717. The van der Waals surface area contributed by atoms with Gasteiger partial charge >= 0.3 is 11.7 Å². The molecule has 0 atom stereocenters. The molecule has 1 N–H and O–H groups in total. The van der Waals surface area contributed by atoms with Crippen LogP contribution >= 0.6 is 0 Å². The van der Waals surface area contributed by atoms with Crippen molar-refractivity contribution in [3.05, 3.63) is 16.6 Å². The highest BCUT2D eigenvalue weighted by atomic mass is 16.5. The molecule has 0 amide bonds. The molecule has 14 heavy (non-hydrogen) atoms. The van der Waals surface area contributed by atoms with Gasteiger partial charge in [-0.3, -0.25) is 0 Å². The molecule has 0 aliphatic rings. The molecule has 8 nitrogen and oxygen atoms in total. The molecule has 0 aliphatic heterocycles. The number of carbonyl (C=O) groups is 1. The molecule has 1 heterocycles. The molecule has 0 aliphatic carbocycles. The van der Waals surface area contributed by atoms with Gasteiger partial charge in [-0.25, -0.2) is 9.59 Å². The Morgan fingerprint density at radius 2 is 2.36 bits per heavy atom. The molecule has 8 heteroatoms. The smallest absolute Gasteiger partial charge is 0.370 e. The number of rotatable bonds is 4. The molecule has 0 spiro atoms. The van der Waals surface area contributed by atoms with Crippen molar-refractivity contribution in [3.8, 4) is 0 Å². The third-order valence-corrected chi connectivity index (χ3v) is 1.27. The maximum Gasteiger partial charge on any atom is 0.370 e. The van der Waals surface area contributed by atoms with Crippen LogP contribution < -0.4 is 5.69 Å². The Bertz CT molecular complexity index is 404. The number of hydrogen-bond donors (Lipinski definition) is 1. The number of aliphatic carboxylic acids is 1. The Morgan fingerprint density at radius 3 is 2.93 bits per heavy atom. The second-order valence-electron chi connectivity index (χ2n) is 2.28. The normalized spacial score (nSPS) is 10.9. The van der Waals surface area contributed by atoms with Crippen LogP contribution in [0.3, 0.4) is 0 Å². The predicted octanol–water partition coefficient (Wildman–Crippen LogP) is -1.40. The molecule has 0 radical (unpaired) electrons. The van der Waals surface area contributed by atoms with E-state index in [0.717, 1.165) is 21.6 Å². The van der Waals surface area contributed by atoms with E-state index in [1.54, 1.807) is 0 Å². The Kier molecular flexibility index (Phi) is 3.13. The zero-order valence-corrected chi connectivity index (χ0v) is 7.32. The summed E-state index contributed by atoms with van der Waals surface area (Å²) in [5.41, 5.74) is -0.565. The largest absolute Gasteiger partial charge is 0.478 e. The van der Waals surface area contributed by atoms with Crippen molar-refractivity contribution in [2.45, 2.75) is 6.73 Å². The molecule has 1 rings (SSSR count). The van der Waals surface area contributed by atoms with Crippen molar-refractivity contribution in [1.29, 1.82) is 0 Å². The van der Waals surface area contributed by atoms with Gasteiger partial charge in [-0.2, -0.15) is 9.36 Å². The summed E-state index contributed by atoms with van der Waals surface area (Å²) in [5, 5.41) is 15.1. The van der Waals surface area contributed by atoms with Crippen molar-refractivity contribution in [2.75, 3.05) is 7.11 Å². The molecular weight excluding hydrogens is 192 g/mol. The molecule has 0 saturated heterocycles. The lowest BCUT2D eigenvalue weighted by Crippen LogP contribution is -2.23. The minimum atomic E-state index is -1.17. The van der Waals surface area contributed by atoms with Gasteiger partial charge in [0.05, 0.1) is 0 Å². The summed E-state index contributed by atoms with van der Waals surface area (Å²) < 4.78 is 6.40. The van der Waals surface area contributed by atoms with E-state index < -0.39 is 11.7 Å². The number of hydrogen-bond acceptors (Lipinski definition) is 5. The number of aromatic nitrogens is 4. The molecule has 0 bridgehead atoms. The topological polar surface area (TPSA) is 99.2 Å². The second-order valence-corrected chi connectivity index (χ2v) is 2.28. The van der Waals surface area contributed by atoms with Crippen LogP contribution in [-0.2, 0) is 16.3 Å². The van der Waals surface area contributed by atoms with Gasteiger partial charge < -0.3 is 9.84 Å². The second kappa shape index (κ2) is 4.33. The monoisotopic (exact) mass is 200 g/mol. The molecule has 1 aromatic rings. The van der Waals surface area contributed by atoms with Gasteiger partial charge in [-0.05, 0) is 10.4 Å². The van der Waals surface area contributed by atoms with Crippen molar-refractivity contribution >= 4 is 12.2 Å². The van der Waals surface area contributed by atoms with Crippen molar-refractivity contribution in [2.24, 2.45) is 0 Å². The van der Waals surface area contributed by atoms with Crippen LogP contribution in [0.15, 0.2) is 10.9 Å². The summed E-state index contributed by atoms with van der Waals surface area (Å²) in [5.74, 6) is -1.17. The SMILES string of the molecule is COCn1nnn(C=CC(=O)O)c1=O. The van der Waals surface area contributed by atoms with Gasteiger partial charge in [0.15, 0.2) is 0 Å². The van der Waals surface area contributed by atoms with Gasteiger partial charge in [0.25, 0.3) is 0 Å². The van der Waals surface area contributed by atoms with Crippen LogP contribution in [-0.4, -0.2) is 38.0 Å². The van der Waals surface area contributed by atoms with E-state index in [9.17, 15) is 9.59 Å². The predicted molar refractivity (Wildman–Crippen MR) is 44.3 cm³/mol. The fourth-order valence-corrected chi connectivity index (χ4v) is 0.717. The third-order valence-electron chi connectivity index (χ3n) is 1.27. The van der Waals surface area contributed by atoms with E-state index >= 15 is 0 Å². The Morgan fingerprint density at radius 1 is 1.64 bits per heavy atom. The maximum atomic E-state index is 11.2. The van der Waals surface area contributed by atoms with Crippen LogP contribution in [0.2, 0.25) is 0 Å². The summed E-state index contributed by atoms with van der Waals surface area (Å²) in [6.45, 7) is -0.0280. The fraction of sp³-hybridized carbons (Fsp3) is 0.333. The highest BCUT2D eigenvalue weighted by molar-refractivity contribution is 5.82. The first kappa shape index (κ1) is 10.1. The van der Waals surface area contributed by atoms with Crippen LogP contribution in [0.1, 0.15) is 0 Å². The number of carboxylic acid groups (broad SMARTS) is 1. The summed E-state index contributed by atoms with van der Waals surface area (Å²) in [6, 6.07) is 0. The summed E-state index contributed by atoms with van der Waals surface area (Å²) in [4.78, 5) is 21.4. The van der Waals surface area contributed by atoms with Gasteiger partial charge in [0, 0.05) is 19.4 Å². The summed E-state index contributed by atoms with van der Waals surface area (Å²) in [6.07, 6.45) is 1.79. The van der Waals surface area contributed by atoms with E-state index in [1.807, 2.05) is 0 Å². The van der Waals surface area contributed by atoms with Gasteiger partial charge in [0.2, 0.25) is 0 Å². The van der Waals surface area contributed by atoms with Crippen molar-refractivity contribution < 1.29 is 14.6 Å². The number of carboxylic acids is 1. The van der Waals surface area contributed by atoms with Crippen molar-refractivity contribution in [1.82, 2.24) is 19.8 Å². The molecule has 1 aromatic heterocycles. The lowest BCUT2D eigenvalue weighted by atomic mass is 10.6. The Labute approximate surface area is 78.0 Å². The lowest BCUT2D eigenvalue weighted by Gasteiger charge is -1.91. The average Bonchev–Trinajstić information content (AvgIpc) is 2.46. The maximum absolute atomic E-state index is 11.2. The first-order valence-electron chi connectivity index (χ1n) is 3.57. The number of nitrogens with zero attached hydrogens (tertiary/aromatic N) is 4. The number of methoxy groups -OCH3 is 1. The van der Waals surface area contributed by atoms with E-state index in [-0.39, 0.29) is 6.73 Å². The van der Waals surface area contributed by atoms with Gasteiger partial charge in [0.1, 0.15) is 6.73 Å². The molecule has 76 valence electrons. The van der Waals surface area contributed by atoms with E-state index in [4.69, 9.17) is 5.11 Å². The third kappa shape index (κ3) is 2.26. The van der Waals surface area contributed by atoms with Crippen LogP contribution in [0.4, 0.5) is 0 Å². The van der Waals surface area contributed by atoms with Gasteiger partial charge in [-0.15, -0.1) is 0 Å². The van der Waals surface area contributed by atoms with E-state index in [0.29, 0.717) is 0 Å². The van der Waals surface area contributed by atoms with Crippen LogP contribution in [0.25, 0.3) is 6.20 Å². The van der Waals surface area contributed by atoms with Crippen molar-refractivity contribution in [3.63, 3.8) is 0 Å². The first-order chi connectivity index (χ1) is 6.65. The molecule has 0 saturated carbocycles. The molecule has 0 aromatic carbocycles. The van der Waals surface area contributed by atoms with Crippen LogP contribution in [0.5, 0.6) is 0 Å². The molecule has 0 unspecified atom stereocenters. The van der Waals surface area contributed by atoms with Crippen LogP contribution in [0, 0.1) is 0 Å². The summed E-state index contributed by atoms with van der Waals surface area (Å²) in [7, 11) is 1.40. The van der Waals surface area contributed by atoms with Gasteiger partial charge in [-0.1, -0.05) is 0 Å². The quantitative estimate of drug-likeness (QED) is 0.600.